The van der Waals surface area contributed by atoms with Gasteiger partial charge in [-0.2, -0.15) is 0 Å². The molecule has 6 heteroatoms. The molecule has 124 valence electrons. The second-order valence-electron chi connectivity index (χ2n) is 7.16. The molecule has 2 N–H and O–H groups in total. The van der Waals surface area contributed by atoms with Crippen LogP contribution in [0.1, 0.15) is 32.3 Å². The van der Waals surface area contributed by atoms with Crippen LogP contribution >= 0.6 is 0 Å². The second-order valence-corrected chi connectivity index (χ2v) is 7.16. The predicted molar refractivity (Wildman–Crippen MR) is 88.0 cm³/mol. The van der Waals surface area contributed by atoms with Gasteiger partial charge in [-0.1, -0.05) is 6.08 Å². The highest BCUT2D eigenvalue weighted by Gasteiger charge is 2.55. The summed E-state index contributed by atoms with van der Waals surface area (Å²) < 4.78 is 12.4. The molecule has 23 heavy (non-hydrogen) atoms. The Kier molecular flexibility index (Phi) is 3.35. The molecule has 6 nitrogen and oxygen atoms in total. The lowest BCUT2D eigenvalue weighted by molar-refractivity contribution is -0.157. The topological polar surface area (TPSA) is 73.5 Å². The number of aromatic nitrogens is 2. The van der Waals surface area contributed by atoms with E-state index in [1.807, 2.05) is 19.9 Å². The fraction of sp³-hybridized carbons (Fsp3) is 0.647. The standard InChI is InChI=1S/C17H24N4O2/c1-4-5-10-8-12(14-13(10)22-17(2,3)23-14)21-7-6-11-15(18)19-9-20-16(11)21/h4,9-10,12-14H,1,5-8H2,2-3H3,(H2,18,19,20)/t10-,12+,13+,14-/m0/s1. The molecule has 4 atom stereocenters. The van der Waals surface area contributed by atoms with Gasteiger partial charge >= 0.3 is 0 Å². The fourth-order valence-electron chi connectivity index (χ4n) is 4.37. The molecule has 0 spiro atoms. The highest BCUT2D eigenvalue weighted by molar-refractivity contribution is 5.61. The first kappa shape index (κ1) is 14.9. The summed E-state index contributed by atoms with van der Waals surface area (Å²) in [6.07, 6.45) is 6.59. The van der Waals surface area contributed by atoms with Crippen LogP contribution in [-0.2, 0) is 15.9 Å². The molecule has 4 rings (SSSR count). The van der Waals surface area contributed by atoms with Crippen LogP contribution in [0.5, 0.6) is 0 Å². The third-order valence-electron chi connectivity index (χ3n) is 5.25. The fourth-order valence-corrected chi connectivity index (χ4v) is 4.37. The van der Waals surface area contributed by atoms with Gasteiger partial charge in [0, 0.05) is 12.1 Å². The second kappa shape index (κ2) is 5.18. The molecule has 2 aliphatic heterocycles. The van der Waals surface area contributed by atoms with Crippen molar-refractivity contribution in [3.63, 3.8) is 0 Å². The van der Waals surface area contributed by atoms with E-state index >= 15 is 0 Å². The number of hydrogen-bond acceptors (Lipinski definition) is 6. The van der Waals surface area contributed by atoms with Crippen molar-refractivity contribution in [1.29, 1.82) is 0 Å². The first-order valence-corrected chi connectivity index (χ1v) is 8.32. The molecule has 1 saturated heterocycles. The van der Waals surface area contributed by atoms with Gasteiger partial charge in [-0.15, -0.1) is 6.58 Å². The smallest absolute Gasteiger partial charge is 0.163 e. The SMILES string of the molecule is C=CC[C@H]1C[C@@H](N2CCc3c(N)ncnc32)[C@@H]2OC(C)(C)O[C@H]12. The minimum Gasteiger partial charge on any atom is -0.383 e. The molecule has 1 aromatic rings. The number of nitrogens with two attached hydrogens (primary N) is 1. The summed E-state index contributed by atoms with van der Waals surface area (Å²) >= 11 is 0. The van der Waals surface area contributed by atoms with Crippen molar-refractivity contribution in [1.82, 2.24) is 9.97 Å². The number of nitrogens with zero attached hydrogens (tertiary/aromatic N) is 3. The molecule has 1 aromatic heterocycles. The van der Waals surface area contributed by atoms with Gasteiger partial charge < -0.3 is 20.1 Å². The van der Waals surface area contributed by atoms with E-state index in [-0.39, 0.29) is 18.2 Å². The maximum Gasteiger partial charge on any atom is 0.163 e. The number of rotatable bonds is 3. The molecular formula is C17H24N4O2. The van der Waals surface area contributed by atoms with Gasteiger partial charge in [0.2, 0.25) is 0 Å². The van der Waals surface area contributed by atoms with E-state index in [0.29, 0.717) is 11.7 Å². The first-order chi connectivity index (χ1) is 11.0. The summed E-state index contributed by atoms with van der Waals surface area (Å²) in [7, 11) is 0. The largest absolute Gasteiger partial charge is 0.383 e. The average Bonchev–Trinajstić information content (AvgIpc) is 3.13. The normalized spacial score (nSPS) is 34.4. The Balaban J connectivity index is 1.65. The Morgan fingerprint density at radius 3 is 2.96 bits per heavy atom. The van der Waals surface area contributed by atoms with Gasteiger partial charge in [0.1, 0.15) is 24.1 Å². The van der Waals surface area contributed by atoms with E-state index in [1.54, 1.807) is 6.33 Å². The molecule has 0 aromatic carbocycles. The third-order valence-corrected chi connectivity index (χ3v) is 5.25. The van der Waals surface area contributed by atoms with Gasteiger partial charge in [-0.25, -0.2) is 9.97 Å². The summed E-state index contributed by atoms with van der Waals surface area (Å²) in [5, 5.41) is 0. The van der Waals surface area contributed by atoms with Crippen LogP contribution < -0.4 is 10.6 Å². The lowest BCUT2D eigenvalue weighted by Crippen LogP contribution is -2.43. The zero-order valence-electron chi connectivity index (χ0n) is 13.7. The number of ether oxygens (including phenoxy) is 2. The summed E-state index contributed by atoms with van der Waals surface area (Å²) in [5.41, 5.74) is 7.07. The van der Waals surface area contributed by atoms with Gasteiger partial charge in [0.15, 0.2) is 5.79 Å². The number of fused-ring (bicyclic) bond motifs is 2. The highest BCUT2D eigenvalue weighted by Crippen LogP contribution is 2.46. The van der Waals surface area contributed by atoms with Crippen LogP contribution in [0.4, 0.5) is 11.6 Å². The van der Waals surface area contributed by atoms with E-state index < -0.39 is 5.79 Å². The minimum atomic E-state index is -0.527. The maximum atomic E-state index is 6.25. The van der Waals surface area contributed by atoms with Crippen molar-refractivity contribution in [3.05, 3.63) is 24.5 Å². The molecule has 0 unspecified atom stereocenters. The van der Waals surface area contributed by atoms with Gasteiger partial charge in [-0.05, 0) is 39.0 Å². The van der Waals surface area contributed by atoms with Crippen molar-refractivity contribution < 1.29 is 9.47 Å². The molecular weight excluding hydrogens is 292 g/mol. The van der Waals surface area contributed by atoms with Crippen molar-refractivity contribution >= 4 is 11.6 Å². The maximum absolute atomic E-state index is 6.25. The molecule has 3 heterocycles. The Morgan fingerprint density at radius 1 is 1.39 bits per heavy atom. The molecule has 1 saturated carbocycles. The van der Waals surface area contributed by atoms with E-state index in [2.05, 4.69) is 21.4 Å². The molecule has 2 fully saturated rings. The van der Waals surface area contributed by atoms with Crippen molar-refractivity contribution in [3.8, 4) is 0 Å². The van der Waals surface area contributed by atoms with Crippen molar-refractivity contribution in [2.45, 2.75) is 57.1 Å². The number of hydrogen-bond donors (Lipinski definition) is 1. The third kappa shape index (κ3) is 2.32. The molecule has 0 bridgehead atoms. The van der Waals surface area contributed by atoms with Crippen molar-refractivity contribution in [2.24, 2.45) is 5.92 Å². The average molecular weight is 316 g/mol. The number of allylic oxidation sites excluding steroid dienone is 1. The van der Waals surface area contributed by atoms with Crippen molar-refractivity contribution in [2.75, 3.05) is 17.2 Å². The monoisotopic (exact) mass is 316 g/mol. The summed E-state index contributed by atoms with van der Waals surface area (Å²) in [4.78, 5) is 10.9. The summed E-state index contributed by atoms with van der Waals surface area (Å²) in [5.74, 6) is 1.47. The summed E-state index contributed by atoms with van der Waals surface area (Å²) in [6.45, 7) is 8.79. The van der Waals surface area contributed by atoms with Crippen LogP contribution in [0.3, 0.4) is 0 Å². The lowest BCUT2D eigenvalue weighted by atomic mass is 10.0. The quantitative estimate of drug-likeness (QED) is 0.859. The van der Waals surface area contributed by atoms with E-state index in [1.165, 1.54) is 0 Å². The summed E-state index contributed by atoms with van der Waals surface area (Å²) in [6, 6.07) is 0.266. The van der Waals surface area contributed by atoms with Crippen LogP contribution in [0.25, 0.3) is 0 Å². The first-order valence-electron chi connectivity index (χ1n) is 8.32. The van der Waals surface area contributed by atoms with Crippen LogP contribution in [-0.4, -0.2) is 40.5 Å². The lowest BCUT2D eigenvalue weighted by Gasteiger charge is -2.31. The number of anilines is 2. The zero-order chi connectivity index (χ0) is 16.2. The molecule has 0 radical (unpaired) electrons. The van der Waals surface area contributed by atoms with E-state index in [9.17, 15) is 0 Å². The van der Waals surface area contributed by atoms with Gasteiger partial charge in [-0.3, -0.25) is 0 Å². The van der Waals surface area contributed by atoms with Crippen LogP contribution in [0, 0.1) is 5.92 Å². The minimum absolute atomic E-state index is 0.0667. The van der Waals surface area contributed by atoms with E-state index in [0.717, 1.165) is 37.2 Å². The Labute approximate surface area is 136 Å². The Hall–Kier alpha value is -1.66. The van der Waals surface area contributed by atoms with Crippen LogP contribution in [0.15, 0.2) is 19.0 Å². The number of nitrogen functional groups attached to an aromatic ring is 1. The Bertz CT molecular complexity index is 633. The predicted octanol–water partition coefficient (Wildman–Crippen LogP) is 1.91. The molecule has 1 aliphatic carbocycles. The van der Waals surface area contributed by atoms with E-state index in [4.69, 9.17) is 15.2 Å². The molecule has 0 amide bonds. The van der Waals surface area contributed by atoms with Gasteiger partial charge in [0.25, 0.3) is 0 Å². The molecule has 3 aliphatic rings. The zero-order valence-corrected chi connectivity index (χ0v) is 13.7. The Morgan fingerprint density at radius 2 is 2.17 bits per heavy atom. The van der Waals surface area contributed by atoms with Gasteiger partial charge in [0.05, 0.1) is 12.1 Å². The van der Waals surface area contributed by atoms with Crippen LogP contribution in [0.2, 0.25) is 0 Å². The highest BCUT2D eigenvalue weighted by atomic mass is 16.8.